The fraction of sp³-hybridized carbons (Fsp3) is 0. The molecule has 0 unspecified atom stereocenters. The summed E-state index contributed by atoms with van der Waals surface area (Å²) in [6.45, 7) is 0. The van der Waals surface area contributed by atoms with Gasteiger partial charge in [-0.05, 0) is 12.1 Å². The van der Waals surface area contributed by atoms with Gasteiger partial charge in [-0.25, -0.2) is 4.79 Å². The Morgan fingerprint density at radius 1 is 1.57 bits per heavy atom. The lowest BCUT2D eigenvalue weighted by molar-refractivity contribution is -0.387. The molecule has 0 aliphatic heterocycles. The van der Waals surface area contributed by atoms with Crippen molar-refractivity contribution in [1.82, 2.24) is 0 Å². The van der Waals surface area contributed by atoms with Crippen LogP contribution >= 0.6 is 11.6 Å². The highest BCUT2D eigenvalue weighted by Gasteiger charge is 2.25. The van der Waals surface area contributed by atoms with Crippen LogP contribution in [-0.2, 0) is 0 Å². The molecular formula is C7H3ClFNO4. The van der Waals surface area contributed by atoms with Gasteiger partial charge < -0.3 is 5.11 Å². The van der Waals surface area contributed by atoms with Gasteiger partial charge in [0.1, 0.15) is 5.56 Å². The summed E-state index contributed by atoms with van der Waals surface area (Å²) in [7, 11) is 0. The first-order valence-corrected chi connectivity index (χ1v) is 3.68. The number of nitrogens with zero attached hydrogens (tertiary/aromatic N) is 1. The van der Waals surface area contributed by atoms with E-state index in [0.717, 1.165) is 6.07 Å². The first-order valence-electron chi connectivity index (χ1n) is 3.30. The zero-order valence-electron chi connectivity index (χ0n) is 6.53. The maximum Gasteiger partial charge on any atom is 0.342 e. The van der Waals surface area contributed by atoms with Crippen molar-refractivity contribution < 1.29 is 19.2 Å². The molecule has 0 heterocycles. The van der Waals surface area contributed by atoms with E-state index in [9.17, 15) is 19.3 Å². The zero-order valence-corrected chi connectivity index (χ0v) is 7.29. The first-order chi connectivity index (χ1) is 6.43. The molecular weight excluding hydrogens is 217 g/mol. The van der Waals surface area contributed by atoms with Gasteiger partial charge in [0.2, 0.25) is 5.82 Å². The Balaban J connectivity index is 3.52. The van der Waals surface area contributed by atoms with Crippen LogP contribution in [0, 0.1) is 15.9 Å². The molecule has 0 saturated heterocycles. The highest BCUT2D eigenvalue weighted by atomic mass is 35.5. The summed E-state index contributed by atoms with van der Waals surface area (Å²) < 4.78 is 12.9. The quantitative estimate of drug-likeness (QED) is 0.610. The Labute approximate surface area is 81.9 Å². The van der Waals surface area contributed by atoms with Gasteiger partial charge in [-0.1, -0.05) is 11.6 Å². The van der Waals surface area contributed by atoms with Crippen molar-refractivity contribution in [2.45, 2.75) is 0 Å². The molecule has 5 nitrogen and oxygen atoms in total. The fourth-order valence-electron chi connectivity index (χ4n) is 0.915. The van der Waals surface area contributed by atoms with E-state index < -0.39 is 28.0 Å². The second-order valence-corrected chi connectivity index (χ2v) is 2.78. The molecule has 1 rings (SSSR count). The zero-order chi connectivity index (χ0) is 10.9. The molecule has 0 aliphatic rings. The van der Waals surface area contributed by atoms with Crippen LogP contribution < -0.4 is 0 Å². The lowest BCUT2D eigenvalue weighted by Gasteiger charge is -1.99. The smallest absolute Gasteiger partial charge is 0.342 e. The van der Waals surface area contributed by atoms with Gasteiger partial charge in [0.05, 0.1) is 4.92 Å². The molecule has 0 aliphatic carbocycles. The van der Waals surface area contributed by atoms with Gasteiger partial charge in [0.15, 0.2) is 0 Å². The minimum Gasteiger partial charge on any atom is -0.477 e. The molecule has 7 heteroatoms. The van der Waals surface area contributed by atoms with Gasteiger partial charge in [0, 0.05) is 5.02 Å². The van der Waals surface area contributed by atoms with Crippen molar-refractivity contribution in [1.29, 1.82) is 0 Å². The molecule has 74 valence electrons. The van der Waals surface area contributed by atoms with Crippen molar-refractivity contribution in [2.75, 3.05) is 0 Å². The Morgan fingerprint density at radius 2 is 2.14 bits per heavy atom. The Morgan fingerprint density at radius 3 is 2.57 bits per heavy atom. The highest BCUT2D eigenvalue weighted by Crippen LogP contribution is 2.26. The number of carbonyl (C=O) groups is 1. The molecule has 0 radical (unpaired) electrons. The van der Waals surface area contributed by atoms with E-state index >= 15 is 0 Å². The van der Waals surface area contributed by atoms with Crippen LogP contribution in [0.2, 0.25) is 5.02 Å². The number of rotatable bonds is 2. The first kappa shape index (κ1) is 10.4. The van der Waals surface area contributed by atoms with E-state index in [1.165, 1.54) is 0 Å². The number of carboxylic acid groups (broad SMARTS) is 1. The van der Waals surface area contributed by atoms with Gasteiger partial charge >= 0.3 is 11.7 Å². The lowest BCUT2D eigenvalue weighted by atomic mass is 10.2. The van der Waals surface area contributed by atoms with Crippen LogP contribution in [0.1, 0.15) is 10.4 Å². The van der Waals surface area contributed by atoms with Crippen molar-refractivity contribution in [3.63, 3.8) is 0 Å². The minimum absolute atomic E-state index is 0.203. The van der Waals surface area contributed by atoms with E-state index in [4.69, 9.17) is 16.7 Å². The molecule has 0 aromatic heterocycles. The largest absolute Gasteiger partial charge is 0.477 e. The number of benzene rings is 1. The third kappa shape index (κ3) is 1.80. The summed E-state index contributed by atoms with van der Waals surface area (Å²) in [5, 5.41) is 18.6. The summed E-state index contributed by atoms with van der Waals surface area (Å²) in [6.07, 6.45) is 0. The fourth-order valence-corrected chi connectivity index (χ4v) is 1.12. The average Bonchev–Trinajstić information content (AvgIpc) is 2.01. The second kappa shape index (κ2) is 3.59. The van der Waals surface area contributed by atoms with E-state index in [1.54, 1.807) is 0 Å². The number of nitro benzene ring substituents is 1. The van der Waals surface area contributed by atoms with E-state index in [1.807, 2.05) is 0 Å². The molecule has 1 N–H and O–H groups in total. The monoisotopic (exact) mass is 219 g/mol. The molecule has 0 amide bonds. The average molecular weight is 220 g/mol. The molecule has 0 spiro atoms. The normalized spacial score (nSPS) is 9.86. The molecule has 0 fully saturated rings. The van der Waals surface area contributed by atoms with Crippen molar-refractivity contribution in [3.05, 3.63) is 38.7 Å². The summed E-state index contributed by atoms with van der Waals surface area (Å²) in [5.74, 6) is -2.86. The number of carboxylic acids is 1. The van der Waals surface area contributed by atoms with Gasteiger partial charge in [-0.2, -0.15) is 4.39 Å². The van der Waals surface area contributed by atoms with Crippen molar-refractivity contribution >= 4 is 23.3 Å². The number of nitro groups is 1. The van der Waals surface area contributed by atoms with Crippen molar-refractivity contribution in [3.8, 4) is 0 Å². The maximum atomic E-state index is 12.9. The Bertz CT molecular complexity index is 420. The second-order valence-electron chi connectivity index (χ2n) is 2.35. The summed E-state index contributed by atoms with van der Waals surface area (Å²) in [5.41, 5.74) is -1.85. The van der Waals surface area contributed by atoms with E-state index in [0.29, 0.717) is 6.07 Å². The lowest BCUT2D eigenvalue weighted by Crippen LogP contribution is -2.04. The minimum atomic E-state index is -1.60. The summed E-state index contributed by atoms with van der Waals surface area (Å²) >= 11 is 5.34. The van der Waals surface area contributed by atoms with Crippen LogP contribution in [-0.4, -0.2) is 16.0 Å². The van der Waals surface area contributed by atoms with Crippen LogP contribution in [0.4, 0.5) is 10.1 Å². The molecule has 1 aromatic rings. The standard InChI is InChI=1S/C7H3ClFNO4/c8-3-1-4(7(11)12)6(10(13)14)5(9)2-3/h1-2H,(H,11,12). The number of halogens is 2. The van der Waals surface area contributed by atoms with Crippen LogP contribution in [0.15, 0.2) is 12.1 Å². The third-order valence-corrected chi connectivity index (χ3v) is 1.66. The van der Waals surface area contributed by atoms with Crippen LogP contribution in [0.25, 0.3) is 0 Å². The third-order valence-electron chi connectivity index (χ3n) is 1.44. The van der Waals surface area contributed by atoms with Crippen molar-refractivity contribution in [2.24, 2.45) is 0 Å². The van der Waals surface area contributed by atoms with E-state index in [2.05, 4.69) is 0 Å². The topological polar surface area (TPSA) is 80.4 Å². The Kier molecular flexibility index (Phi) is 2.66. The summed E-state index contributed by atoms with van der Waals surface area (Å²) in [6, 6.07) is 1.51. The predicted molar refractivity (Wildman–Crippen MR) is 45.0 cm³/mol. The van der Waals surface area contributed by atoms with Crippen LogP contribution in [0.3, 0.4) is 0 Å². The summed E-state index contributed by atoms with van der Waals surface area (Å²) in [4.78, 5) is 19.7. The maximum absolute atomic E-state index is 12.9. The number of aromatic carboxylic acids is 1. The van der Waals surface area contributed by atoms with Gasteiger partial charge in [0.25, 0.3) is 0 Å². The molecule has 0 atom stereocenters. The molecule has 0 saturated carbocycles. The predicted octanol–water partition coefficient (Wildman–Crippen LogP) is 2.09. The van der Waals surface area contributed by atoms with E-state index in [-0.39, 0.29) is 5.02 Å². The number of hydrogen-bond acceptors (Lipinski definition) is 3. The van der Waals surface area contributed by atoms with Gasteiger partial charge in [-0.3, -0.25) is 10.1 Å². The Hall–Kier alpha value is -1.69. The molecule has 1 aromatic carbocycles. The molecule has 14 heavy (non-hydrogen) atoms. The van der Waals surface area contributed by atoms with Gasteiger partial charge in [-0.15, -0.1) is 0 Å². The number of hydrogen-bond donors (Lipinski definition) is 1. The van der Waals surface area contributed by atoms with Crippen LogP contribution in [0.5, 0.6) is 0 Å². The SMILES string of the molecule is O=C(O)c1cc(Cl)cc(F)c1[N+](=O)[O-]. The molecule has 0 bridgehead atoms. The highest BCUT2D eigenvalue weighted by molar-refractivity contribution is 6.31.